The van der Waals surface area contributed by atoms with Crippen molar-refractivity contribution < 1.29 is 19.1 Å². The Balaban J connectivity index is 1.51. The Kier molecular flexibility index (Phi) is 7.73. The van der Waals surface area contributed by atoms with E-state index in [1.807, 2.05) is 32.9 Å². The fourth-order valence-corrected chi connectivity index (χ4v) is 3.67. The number of nitrogens with zero attached hydrogens (tertiary/aromatic N) is 3. The number of rotatable bonds is 8. The molecule has 196 valence electrons. The molecule has 10 nitrogen and oxygen atoms in total. The molecule has 2 aromatic carbocycles. The van der Waals surface area contributed by atoms with Gasteiger partial charge in [-0.3, -0.25) is 15.1 Å². The van der Waals surface area contributed by atoms with E-state index in [1.165, 1.54) is 7.11 Å². The fraction of sp³-hybridized carbons (Fsp3) is 0.214. The number of carbonyl (C=O) groups excluding carboxylic acids is 2. The first-order valence-corrected chi connectivity index (χ1v) is 11.9. The number of nitrogens with one attached hydrogen (secondary N) is 2. The van der Waals surface area contributed by atoms with Gasteiger partial charge < -0.3 is 20.5 Å². The number of methoxy groups -OCH3 is 1. The summed E-state index contributed by atoms with van der Waals surface area (Å²) in [4.78, 5) is 28.6. The largest absolute Gasteiger partial charge is 0.456 e. The van der Waals surface area contributed by atoms with E-state index in [4.69, 9.17) is 20.3 Å². The third-order valence-corrected chi connectivity index (χ3v) is 5.64. The van der Waals surface area contributed by atoms with E-state index in [-0.39, 0.29) is 5.41 Å². The molecule has 4 N–H and O–H groups in total. The molecule has 0 saturated heterocycles. The quantitative estimate of drug-likeness (QED) is 0.297. The van der Waals surface area contributed by atoms with Crippen LogP contribution >= 0.6 is 0 Å². The molecule has 4 rings (SSSR count). The van der Waals surface area contributed by atoms with Crippen LogP contribution in [-0.4, -0.2) is 33.8 Å². The van der Waals surface area contributed by atoms with Gasteiger partial charge in [0.05, 0.1) is 17.6 Å². The summed E-state index contributed by atoms with van der Waals surface area (Å²) >= 11 is 0. The van der Waals surface area contributed by atoms with Crippen LogP contribution < -0.4 is 21.1 Å². The normalized spacial score (nSPS) is 12.0. The van der Waals surface area contributed by atoms with Gasteiger partial charge in [0.2, 0.25) is 0 Å². The molecule has 0 radical (unpaired) electrons. The molecule has 1 atom stereocenters. The van der Waals surface area contributed by atoms with Crippen molar-refractivity contribution in [3.8, 4) is 17.2 Å². The molecule has 38 heavy (non-hydrogen) atoms. The van der Waals surface area contributed by atoms with Crippen LogP contribution in [0.1, 0.15) is 38.1 Å². The lowest BCUT2D eigenvalue weighted by Crippen LogP contribution is -2.23. The van der Waals surface area contributed by atoms with Gasteiger partial charge in [0.1, 0.15) is 17.3 Å². The number of nitrogens with two attached hydrogens (primary N) is 1. The Hall–Kier alpha value is -4.70. The lowest BCUT2D eigenvalue weighted by molar-refractivity contribution is -0.128. The standard InChI is InChI=1S/C28H30N6O4/c1-28(2,3)23-16-24(34(33-23)20-11-7-18(8-12-20)25(37-4)26(29)35)32-27(36)31-19-9-13-21(14-10-19)38-22-6-5-15-30-17-22/h5-17,25H,1-4H3,(H2,29,35)(H2,31,32,36). The minimum atomic E-state index is -0.851. The molecule has 0 bridgehead atoms. The van der Waals surface area contributed by atoms with Gasteiger partial charge in [0.15, 0.2) is 6.10 Å². The number of urea groups is 1. The van der Waals surface area contributed by atoms with Crippen LogP contribution in [0.5, 0.6) is 11.5 Å². The fourth-order valence-electron chi connectivity index (χ4n) is 3.67. The number of carbonyl (C=O) groups is 2. The number of ether oxygens (including phenoxy) is 2. The van der Waals surface area contributed by atoms with E-state index >= 15 is 0 Å². The van der Waals surface area contributed by atoms with Crippen molar-refractivity contribution in [1.82, 2.24) is 14.8 Å². The highest BCUT2D eigenvalue weighted by Gasteiger charge is 2.22. The predicted molar refractivity (Wildman–Crippen MR) is 145 cm³/mol. The number of benzene rings is 2. The Bertz CT molecular complexity index is 1390. The van der Waals surface area contributed by atoms with Crippen LogP contribution in [0.4, 0.5) is 16.3 Å². The highest BCUT2D eigenvalue weighted by atomic mass is 16.5. The molecular weight excluding hydrogens is 484 g/mol. The second kappa shape index (κ2) is 11.1. The Morgan fingerprint density at radius 1 is 0.974 bits per heavy atom. The first-order valence-electron chi connectivity index (χ1n) is 11.9. The van der Waals surface area contributed by atoms with Gasteiger partial charge in [-0.15, -0.1) is 0 Å². The predicted octanol–water partition coefficient (Wildman–Crippen LogP) is 5.17. The summed E-state index contributed by atoms with van der Waals surface area (Å²) in [5.74, 6) is 1.14. The lowest BCUT2D eigenvalue weighted by atomic mass is 9.92. The average molecular weight is 515 g/mol. The van der Waals surface area contributed by atoms with Crippen molar-refractivity contribution in [2.24, 2.45) is 5.73 Å². The van der Waals surface area contributed by atoms with Crippen LogP contribution in [0.2, 0.25) is 0 Å². The minimum Gasteiger partial charge on any atom is -0.456 e. The number of pyridine rings is 1. The van der Waals surface area contributed by atoms with E-state index in [1.54, 1.807) is 71.7 Å². The lowest BCUT2D eigenvalue weighted by Gasteiger charge is -2.15. The van der Waals surface area contributed by atoms with Crippen molar-refractivity contribution in [3.63, 3.8) is 0 Å². The van der Waals surface area contributed by atoms with Gasteiger partial charge in [0.25, 0.3) is 5.91 Å². The Labute approximate surface area is 220 Å². The number of amides is 3. The molecule has 4 aromatic rings. The zero-order valence-corrected chi connectivity index (χ0v) is 21.6. The molecule has 0 aliphatic rings. The molecule has 3 amide bonds. The molecule has 0 fully saturated rings. The van der Waals surface area contributed by atoms with Crippen molar-refractivity contribution in [2.75, 3.05) is 17.7 Å². The highest BCUT2D eigenvalue weighted by molar-refractivity contribution is 5.99. The van der Waals surface area contributed by atoms with Gasteiger partial charge in [0, 0.05) is 30.5 Å². The average Bonchev–Trinajstić information content (AvgIpc) is 3.31. The van der Waals surface area contributed by atoms with Gasteiger partial charge >= 0.3 is 6.03 Å². The second-order valence-electron chi connectivity index (χ2n) is 9.58. The first-order chi connectivity index (χ1) is 18.1. The SMILES string of the molecule is COC(C(N)=O)c1ccc(-n2nc(C(C)(C)C)cc2NC(=O)Nc2ccc(Oc3cccnc3)cc2)cc1. The van der Waals surface area contributed by atoms with Crippen molar-refractivity contribution in [3.05, 3.63) is 90.4 Å². The smallest absolute Gasteiger partial charge is 0.324 e. The van der Waals surface area contributed by atoms with E-state index in [0.29, 0.717) is 34.3 Å². The molecule has 0 saturated carbocycles. The monoisotopic (exact) mass is 514 g/mol. The summed E-state index contributed by atoms with van der Waals surface area (Å²) in [7, 11) is 1.43. The van der Waals surface area contributed by atoms with Crippen LogP contribution in [0.3, 0.4) is 0 Å². The first kappa shape index (κ1) is 26.4. The summed E-state index contributed by atoms with van der Waals surface area (Å²) < 4.78 is 12.6. The maximum Gasteiger partial charge on any atom is 0.324 e. The molecule has 10 heteroatoms. The molecule has 2 aromatic heterocycles. The van der Waals surface area contributed by atoms with Crippen LogP contribution in [-0.2, 0) is 14.9 Å². The number of primary amides is 1. The third kappa shape index (κ3) is 6.34. The molecular formula is C28H30N6O4. The summed E-state index contributed by atoms with van der Waals surface area (Å²) in [5, 5.41) is 10.4. The molecule has 2 heterocycles. The Morgan fingerprint density at radius 2 is 1.68 bits per heavy atom. The summed E-state index contributed by atoms with van der Waals surface area (Å²) in [6.45, 7) is 6.12. The van der Waals surface area contributed by atoms with Crippen molar-refractivity contribution in [2.45, 2.75) is 32.3 Å². The van der Waals surface area contributed by atoms with Crippen LogP contribution in [0.25, 0.3) is 5.69 Å². The summed E-state index contributed by atoms with van der Waals surface area (Å²) in [6.07, 6.45) is 2.44. The number of hydrogen-bond donors (Lipinski definition) is 3. The topological polar surface area (TPSA) is 133 Å². The number of aromatic nitrogens is 3. The number of anilines is 2. The highest BCUT2D eigenvalue weighted by Crippen LogP contribution is 2.28. The van der Waals surface area contributed by atoms with Crippen LogP contribution in [0.15, 0.2) is 79.1 Å². The molecule has 0 spiro atoms. The van der Waals surface area contributed by atoms with E-state index in [0.717, 1.165) is 5.69 Å². The number of hydrogen-bond acceptors (Lipinski definition) is 6. The van der Waals surface area contributed by atoms with Crippen LogP contribution in [0, 0.1) is 0 Å². The molecule has 0 aliphatic heterocycles. The zero-order valence-electron chi connectivity index (χ0n) is 21.6. The van der Waals surface area contributed by atoms with Crippen molar-refractivity contribution in [1.29, 1.82) is 0 Å². The summed E-state index contributed by atoms with van der Waals surface area (Å²) in [5.41, 5.74) is 7.86. The van der Waals surface area contributed by atoms with Gasteiger partial charge in [-0.25, -0.2) is 9.48 Å². The molecule has 0 aliphatic carbocycles. The second-order valence-corrected chi connectivity index (χ2v) is 9.58. The van der Waals surface area contributed by atoms with E-state index in [9.17, 15) is 9.59 Å². The van der Waals surface area contributed by atoms with E-state index in [2.05, 4.69) is 15.6 Å². The van der Waals surface area contributed by atoms with Crippen molar-refractivity contribution >= 4 is 23.4 Å². The molecule has 1 unspecified atom stereocenters. The zero-order chi connectivity index (χ0) is 27.3. The minimum absolute atomic E-state index is 0.255. The summed E-state index contributed by atoms with van der Waals surface area (Å²) in [6, 6.07) is 19.0. The van der Waals surface area contributed by atoms with Gasteiger partial charge in [-0.2, -0.15) is 5.10 Å². The maximum atomic E-state index is 12.9. The maximum absolute atomic E-state index is 12.9. The van der Waals surface area contributed by atoms with Gasteiger partial charge in [-0.1, -0.05) is 32.9 Å². The Morgan fingerprint density at radius 3 is 2.26 bits per heavy atom. The van der Waals surface area contributed by atoms with E-state index < -0.39 is 18.0 Å². The van der Waals surface area contributed by atoms with Gasteiger partial charge in [-0.05, 0) is 54.1 Å². The third-order valence-electron chi connectivity index (χ3n) is 5.64.